The van der Waals surface area contributed by atoms with Gasteiger partial charge in [0.25, 0.3) is 0 Å². The van der Waals surface area contributed by atoms with Gasteiger partial charge in [-0.1, -0.05) is 65.2 Å². The van der Waals surface area contributed by atoms with Gasteiger partial charge in [-0.15, -0.1) is 0 Å². The zero-order valence-electron chi connectivity index (χ0n) is 10.7. The van der Waals surface area contributed by atoms with Gasteiger partial charge in [0.05, 0.1) is 16.1 Å². The zero-order valence-corrected chi connectivity index (χ0v) is 12.2. The summed E-state index contributed by atoms with van der Waals surface area (Å²) in [6.07, 6.45) is 0.848. The normalized spacial score (nSPS) is 12.4. The predicted molar refractivity (Wildman–Crippen MR) is 80.9 cm³/mol. The smallest absolute Gasteiger partial charge is 0.0808 e. The molecule has 0 aliphatic carbocycles. The van der Waals surface area contributed by atoms with Crippen LogP contribution in [0.2, 0.25) is 10.0 Å². The van der Waals surface area contributed by atoms with Gasteiger partial charge in [0.2, 0.25) is 0 Å². The maximum atomic E-state index is 10.2. The molecule has 0 aliphatic rings. The van der Waals surface area contributed by atoms with E-state index in [-0.39, 0.29) is 0 Å². The lowest BCUT2D eigenvalue weighted by atomic mass is 10.0. The van der Waals surface area contributed by atoms with Gasteiger partial charge in [-0.3, -0.25) is 0 Å². The van der Waals surface area contributed by atoms with E-state index in [9.17, 15) is 5.11 Å². The number of rotatable bonds is 4. The molecule has 0 radical (unpaired) electrons. The van der Waals surface area contributed by atoms with Crippen molar-refractivity contribution in [1.29, 1.82) is 0 Å². The molecule has 0 saturated heterocycles. The van der Waals surface area contributed by atoms with Crippen LogP contribution >= 0.6 is 23.2 Å². The molecule has 2 aromatic carbocycles. The first-order valence-corrected chi connectivity index (χ1v) is 7.01. The summed E-state index contributed by atoms with van der Waals surface area (Å²) < 4.78 is 0. The largest absolute Gasteiger partial charge is 0.388 e. The highest BCUT2D eigenvalue weighted by molar-refractivity contribution is 6.42. The third-order valence-corrected chi connectivity index (χ3v) is 4.00. The maximum Gasteiger partial charge on any atom is 0.0808 e. The molecule has 0 amide bonds. The molecule has 0 heterocycles. The molecule has 1 N–H and O–H groups in total. The number of hydrogen-bond donors (Lipinski definition) is 1. The zero-order chi connectivity index (χ0) is 13.8. The second kappa shape index (κ2) is 6.42. The minimum absolute atomic E-state index is 0.445. The number of aliphatic hydroxyl groups excluding tert-OH is 1. The van der Waals surface area contributed by atoms with Gasteiger partial charge >= 0.3 is 0 Å². The van der Waals surface area contributed by atoms with Crippen LogP contribution in [0.3, 0.4) is 0 Å². The van der Waals surface area contributed by atoms with Gasteiger partial charge in [-0.25, -0.2) is 0 Å². The molecule has 100 valence electrons. The summed E-state index contributed by atoms with van der Waals surface area (Å²) in [4.78, 5) is 0. The second-order valence-electron chi connectivity index (χ2n) is 4.68. The summed E-state index contributed by atoms with van der Waals surface area (Å²) in [6, 6.07) is 13.7. The average molecular weight is 295 g/mol. The lowest BCUT2D eigenvalue weighted by Crippen LogP contribution is -2.00. The Labute approximate surface area is 123 Å². The second-order valence-corrected chi connectivity index (χ2v) is 5.47. The van der Waals surface area contributed by atoms with E-state index in [1.165, 1.54) is 11.1 Å². The van der Waals surface area contributed by atoms with Crippen molar-refractivity contribution in [2.45, 2.75) is 25.9 Å². The number of aliphatic hydroxyl groups is 1. The fourth-order valence-corrected chi connectivity index (χ4v) is 2.43. The Morgan fingerprint density at radius 1 is 1.05 bits per heavy atom. The summed E-state index contributed by atoms with van der Waals surface area (Å²) in [7, 11) is 0. The van der Waals surface area contributed by atoms with E-state index in [1.54, 1.807) is 12.1 Å². The highest BCUT2D eigenvalue weighted by atomic mass is 35.5. The van der Waals surface area contributed by atoms with E-state index in [0.29, 0.717) is 22.0 Å². The van der Waals surface area contributed by atoms with E-state index >= 15 is 0 Å². The summed E-state index contributed by atoms with van der Waals surface area (Å²) in [5.41, 5.74) is 3.14. The van der Waals surface area contributed by atoms with E-state index in [4.69, 9.17) is 23.2 Å². The van der Waals surface area contributed by atoms with Gasteiger partial charge < -0.3 is 5.11 Å². The van der Waals surface area contributed by atoms with Crippen molar-refractivity contribution < 1.29 is 5.11 Å². The van der Waals surface area contributed by atoms with Gasteiger partial charge in [-0.2, -0.15) is 0 Å². The topological polar surface area (TPSA) is 20.2 Å². The SMILES string of the molecule is Cc1ccc(CCC(O)c2cccc(Cl)c2Cl)cc1. The third-order valence-electron chi connectivity index (χ3n) is 3.17. The Morgan fingerprint density at radius 3 is 2.42 bits per heavy atom. The molecule has 0 spiro atoms. The van der Waals surface area contributed by atoms with Crippen molar-refractivity contribution in [3.63, 3.8) is 0 Å². The molecule has 2 rings (SSSR count). The first-order chi connectivity index (χ1) is 9.08. The monoisotopic (exact) mass is 294 g/mol. The Kier molecular flexibility index (Phi) is 4.87. The van der Waals surface area contributed by atoms with E-state index in [2.05, 4.69) is 31.2 Å². The van der Waals surface area contributed by atoms with Crippen LogP contribution in [0.4, 0.5) is 0 Å². The van der Waals surface area contributed by atoms with Crippen LogP contribution in [-0.2, 0) is 6.42 Å². The lowest BCUT2D eigenvalue weighted by Gasteiger charge is -2.13. The van der Waals surface area contributed by atoms with Gasteiger partial charge in [0.15, 0.2) is 0 Å². The molecule has 0 fully saturated rings. The minimum Gasteiger partial charge on any atom is -0.388 e. The summed E-state index contributed by atoms with van der Waals surface area (Å²) >= 11 is 12.0. The summed E-state index contributed by atoms with van der Waals surface area (Å²) in [6.45, 7) is 2.06. The highest BCUT2D eigenvalue weighted by Gasteiger charge is 2.13. The summed E-state index contributed by atoms with van der Waals surface area (Å²) in [5.74, 6) is 0. The molecule has 0 bridgehead atoms. The van der Waals surface area contributed by atoms with Crippen LogP contribution < -0.4 is 0 Å². The van der Waals surface area contributed by atoms with Crippen molar-refractivity contribution >= 4 is 23.2 Å². The molecule has 1 atom stereocenters. The molecule has 3 heteroatoms. The van der Waals surface area contributed by atoms with Crippen LogP contribution in [0.15, 0.2) is 42.5 Å². The first kappa shape index (κ1) is 14.4. The number of aryl methyl sites for hydroxylation is 2. The Balaban J connectivity index is 2.03. The summed E-state index contributed by atoms with van der Waals surface area (Å²) in [5, 5.41) is 11.1. The molecular formula is C16H16Cl2O. The Hall–Kier alpha value is -1.02. The molecule has 2 aromatic rings. The minimum atomic E-state index is -0.590. The van der Waals surface area contributed by atoms with Gasteiger partial charge in [0.1, 0.15) is 0 Å². The lowest BCUT2D eigenvalue weighted by molar-refractivity contribution is 0.168. The van der Waals surface area contributed by atoms with E-state index in [1.807, 2.05) is 6.07 Å². The Morgan fingerprint density at radius 2 is 1.74 bits per heavy atom. The van der Waals surface area contributed by atoms with Gasteiger partial charge in [0, 0.05) is 5.56 Å². The fraction of sp³-hybridized carbons (Fsp3) is 0.250. The fourth-order valence-electron chi connectivity index (χ4n) is 1.99. The van der Waals surface area contributed by atoms with Crippen LogP contribution in [0.25, 0.3) is 0 Å². The third kappa shape index (κ3) is 3.73. The van der Waals surface area contributed by atoms with Crippen LogP contribution in [-0.4, -0.2) is 5.11 Å². The average Bonchev–Trinajstić information content (AvgIpc) is 2.41. The molecule has 0 aliphatic heterocycles. The van der Waals surface area contributed by atoms with Crippen molar-refractivity contribution in [2.75, 3.05) is 0 Å². The molecule has 1 unspecified atom stereocenters. The quantitative estimate of drug-likeness (QED) is 0.844. The van der Waals surface area contributed by atoms with Crippen molar-refractivity contribution in [1.82, 2.24) is 0 Å². The first-order valence-electron chi connectivity index (χ1n) is 6.25. The van der Waals surface area contributed by atoms with Gasteiger partial charge in [-0.05, 0) is 31.4 Å². The van der Waals surface area contributed by atoms with Crippen LogP contribution in [0, 0.1) is 6.92 Å². The molecule has 1 nitrogen and oxygen atoms in total. The molecule has 0 aromatic heterocycles. The number of benzene rings is 2. The number of hydrogen-bond acceptors (Lipinski definition) is 1. The van der Waals surface area contributed by atoms with Crippen molar-refractivity contribution in [2.24, 2.45) is 0 Å². The maximum absolute atomic E-state index is 10.2. The highest BCUT2D eigenvalue weighted by Crippen LogP contribution is 2.31. The van der Waals surface area contributed by atoms with E-state index < -0.39 is 6.10 Å². The molecule has 0 saturated carbocycles. The predicted octanol–water partition coefficient (Wildman–Crippen LogP) is 4.97. The van der Waals surface area contributed by atoms with Crippen LogP contribution in [0.5, 0.6) is 0 Å². The van der Waals surface area contributed by atoms with Crippen molar-refractivity contribution in [3.8, 4) is 0 Å². The van der Waals surface area contributed by atoms with Crippen molar-refractivity contribution in [3.05, 3.63) is 69.2 Å². The van der Waals surface area contributed by atoms with E-state index in [0.717, 1.165) is 6.42 Å². The van der Waals surface area contributed by atoms with Crippen LogP contribution in [0.1, 0.15) is 29.2 Å². The Bertz CT molecular complexity index is 549. The number of halogens is 2. The molecular weight excluding hydrogens is 279 g/mol. The molecule has 19 heavy (non-hydrogen) atoms. The standard InChI is InChI=1S/C16H16Cl2O/c1-11-5-7-12(8-6-11)9-10-15(19)13-3-2-4-14(17)16(13)18/h2-8,15,19H,9-10H2,1H3.